The van der Waals surface area contributed by atoms with E-state index >= 15 is 0 Å². The third kappa shape index (κ3) is 4.00. The maximum atomic E-state index is 2.49. The first-order valence-electron chi connectivity index (χ1n) is 18.7. The van der Waals surface area contributed by atoms with Crippen molar-refractivity contribution in [1.29, 1.82) is 0 Å². The molecule has 2 aliphatic heterocycles. The van der Waals surface area contributed by atoms with E-state index in [0.717, 1.165) is 5.69 Å². The van der Waals surface area contributed by atoms with E-state index < -0.39 is 0 Å². The summed E-state index contributed by atoms with van der Waals surface area (Å²) in [6.07, 6.45) is 0. The lowest BCUT2D eigenvalue weighted by Gasteiger charge is -2.29. The minimum absolute atomic E-state index is 1.15. The number of rotatable bonds is 2. The van der Waals surface area contributed by atoms with E-state index in [1.54, 1.807) is 0 Å². The van der Waals surface area contributed by atoms with E-state index in [1.807, 2.05) is 0 Å². The van der Waals surface area contributed by atoms with E-state index in [-0.39, 0.29) is 0 Å². The Hall–Kier alpha value is -7.16. The molecule has 0 unspecified atom stereocenters. The Bertz CT molecular complexity index is 2890. The van der Waals surface area contributed by atoms with Gasteiger partial charge in [0.15, 0.2) is 0 Å². The summed E-state index contributed by atoms with van der Waals surface area (Å²) in [7, 11) is 0. The van der Waals surface area contributed by atoms with Crippen LogP contribution in [-0.2, 0) is 0 Å². The van der Waals surface area contributed by atoms with Gasteiger partial charge < -0.3 is 9.80 Å². The Morgan fingerprint density at radius 3 is 1.09 bits per heavy atom. The van der Waals surface area contributed by atoms with Crippen molar-refractivity contribution < 1.29 is 0 Å². The van der Waals surface area contributed by atoms with Crippen molar-refractivity contribution in [3.05, 3.63) is 194 Å². The van der Waals surface area contributed by atoms with Gasteiger partial charge in [0, 0.05) is 33.3 Å². The summed E-state index contributed by atoms with van der Waals surface area (Å²) in [5.41, 5.74) is 22.2. The maximum absolute atomic E-state index is 2.49. The van der Waals surface area contributed by atoms with E-state index in [1.165, 1.54) is 106 Å². The van der Waals surface area contributed by atoms with E-state index in [0.29, 0.717) is 0 Å². The van der Waals surface area contributed by atoms with Crippen LogP contribution in [0, 0.1) is 0 Å². The Morgan fingerprint density at radius 1 is 0.222 bits per heavy atom. The van der Waals surface area contributed by atoms with Crippen LogP contribution in [0.1, 0.15) is 0 Å². The van der Waals surface area contributed by atoms with Gasteiger partial charge in [0.2, 0.25) is 0 Å². The van der Waals surface area contributed by atoms with Gasteiger partial charge in [0.05, 0.1) is 28.4 Å². The number of fused-ring (bicyclic) bond motifs is 13. The summed E-state index contributed by atoms with van der Waals surface area (Å²) in [5.74, 6) is 0. The molecule has 0 aromatic heterocycles. The summed E-state index contributed by atoms with van der Waals surface area (Å²) in [6, 6.07) is 71.7. The summed E-state index contributed by atoms with van der Waals surface area (Å²) in [6.45, 7) is 0. The molecule has 1 aliphatic carbocycles. The number of anilines is 6. The molecular weight excluding hydrogens is 653 g/mol. The zero-order valence-corrected chi connectivity index (χ0v) is 29.4. The van der Waals surface area contributed by atoms with Crippen LogP contribution in [0.25, 0.3) is 77.5 Å². The molecule has 0 bridgehead atoms. The van der Waals surface area contributed by atoms with Crippen molar-refractivity contribution in [2.75, 3.05) is 9.80 Å². The number of hydrogen-bond acceptors (Lipinski definition) is 2. The van der Waals surface area contributed by atoms with Gasteiger partial charge in [-0.2, -0.15) is 0 Å². The van der Waals surface area contributed by atoms with Crippen LogP contribution < -0.4 is 9.80 Å². The molecule has 0 saturated heterocycles. The molecule has 2 nitrogen and oxygen atoms in total. The SMILES string of the molecule is c1ccc2c(c1)-c1ccccc1N(c1ccc3c(c1)-c1ccc(N4c5ccccc5-c5ccccc5-c5ccccc54)c4cccc-3c14)c1ccccc1-2. The number of para-hydroxylation sites is 4. The fraction of sp³-hybridized carbons (Fsp3) is 0. The van der Waals surface area contributed by atoms with Crippen molar-refractivity contribution in [2.45, 2.75) is 0 Å². The lowest BCUT2D eigenvalue weighted by Crippen LogP contribution is -2.11. The van der Waals surface area contributed by atoms with Gasteiger partial charge in [-0.1, -0.05) is 152 Å². The van der Waals surface area contributed by atoms with Gasteiger partial charge in [-0.3, -0.25) is 0 Å². The number of nitrogens with zero attached hydrogens (tertiary/aromatic N) is 2. The first kappa shape index (κ1) is 29.4. The highest BCUT2D eigenvalue weighted by molar-refractivity contribution is 6.20. The molecule has 0 N–H and O–H groups in total. The summed E-state index contributed by atoms with van der Waals surface area (Å²) in [4.78, 5) is 4.95. The highest BCUT2D eigenvalue weighted by Crippen LogP contribution is 2.57. The van der Waals surface area contributed by atoms with Gasteiger partial charge in [0.25, 0.3) is 0 Å². The summed E-state index contributed by atoms with van der Waals surface area (Å²) >= 11 is 0. The Labute approximate surface area is 314 Å². The normalized spacial score (nSPS) is 12.7. The van der Waals surface area contributed by atoms with Crippen LogP contribution in [0.15, 0.2) is 194 Å². The zero-order valence-electron chi connectivity index (χ0n) is 29.4. The molecule has 2 heteroatoms. The first-order chi connectivity index (χ1) is 26.8. The topological polar surface area (TPSA) is 6.48 Å². The Balaban J connectivity index is 1.07. The monoisotopic (exact) mass is 684 g/mol. The van der Waals surface area contributed by atoms with Gasteiger partial charge >= 0.3 is 0 Å². The largest absolute Gasteiger partial charge is 0.309 e. The smallest absolute Gasteiger partial charge is 0.0541 e. The van der Waals surface area contributed by atoms with Crippen LogP contribution in [-0.4, -0.2) is 0 Å². The third-order valence-corrected chi connectivity index (χ3v) is 11.7. The van der Waals surface area contributed by atoms with E-state index in [9.17, 15) is 0 Å². The van der Waals surface area contributed by atoms with Crippen LogP contribution in [0.2, 0.25) is 0 Å². The summed E-state index contributed by atoms with van der Waals surface area (Å²) < 4.78 is 0. The minimum atomic E-state index is 1.15. The second kappa shape index (κ2) is 11.2. The Morgan fingerprint density at radius 2 is 0.593 bits per heavy atom. The second-order valence-electron chi connectivity index (χ2n) is 14.4. The highest BCUT2D eigenvalue weighted by Gasteiger charge is 2.31. The number of benzene rings is 9. The van der Waals surface area contributed by atoms with Gasteiger partial charge in [0.1, 0.15) is 0 Å². The molecule has 0 fully saturated rings. The second-order valence-corrected chi connectivity index (χ2v) is 14.4. The van der Waals surface area contributed by atoms with E-state index in [2.05, 4.69) is 204 Å². The molecule has 250 valence electrons. The van der Waals surface area contributed by atoms with Gasteiger partial charge in [-0.25, -0.2) is 0 Å². The molecule has 0 saturated carbocycles. The molecule has 0 radical (unpaired) electrons. The highest BCUT2D eigenvalue weighted by atomic mass is 15.2. The maximum Gasteiger partial charge on any atom is 0.0541 e. The summed E-state index contributed by atoms with van der Waals surface area (Å²) in [5, 5.41) is 2.56. The van der Waals surface area contributed by atoms with Crippen molar-refractivity contribution in [2.24, 2.45) is 0 Å². The molecule has 9 aromatic carbocycles. The lowest BCUT2D eigenvalue weighted by atomic mass is 9.95. The van der Waals surface area contributed by atoms with Crippen LogP contribution >= 0.6 is 0 Å². The van der Waals surface area contributed by atoms with Crippen LogP contribution in [0.4, 0.5) is 34.1 Å². The molecule has 0 atom stereocenters. The van der Waals surface area contributed by atoms with Crippen LogP contribution in [0.3, 0.4) is 0 Å². The van der Waals surface area contributed by atoms with E-state index in [4.69, 9.17) is 0 Å². The third-order valence-electron chi connectivity index (χ3n) is 11.7. The molecule has 0 spiro atoms. The molecule has 0 amide bonds. The average Bonchev–Trinajstić information content (AvgIpc) is 3.42. The predicted molar refractivity (Wildman–Crippen MR) is 227 cm³/mol. The first-order valence-corrected chi connectivity index (χ1v) is 18.7. The van der Waals surface area contributed by atoms with Crippen molar-refractivity contribution in [3.63, 3.8) is 0 Å². The fourth-order valence-corrected chi connectivity index (χ4v) is 9.45. The van der Waals surface area contributed by atoms with Gasteiger partial charge in [-0.05, 0) is 92.4 Å². The average molecular weight is 685 g/mol. The van der Waals surface area contributed by atoms with Crippen molar-refractivity contribution >= 4 is 44.9 Å². The van der Waals surface area contributed by atoms with Crippen molar-refractivity contribution in [3.8, 4) is 66.8 Å². The molecule has 9 aromatic rings. The lowest BCUT2D eigenvalue weighted by molar-refractivity contribution is 1.30. The minimum Gasteiger partial charge on any atom is -0.309 e. The molecule has 2 heterocycles. The quantitative estimate of drug-likeness (QED) is 0.179. The predicted octanol–water partition coefficient (Wildman–Crippen LogP) is 14.7. The fourth-order valence-electron chi connectivity index (χ4n) is 9.45. The molecule has 3 aliphatic rings. The zero-order chi connectivity index (χ0) is 35.3. The molecule has 12 rings (SSSR count). The van der Waals surface area contributed by atoms with Crippen molar-refractivity contribution in [1.82, 2.24) is 0 Å². The molecular formula is C52H32N2. The number of hydrogen-bond donors (Lipinski definition) is 0. The van der Waals surface area contributed by atoms with Crippen LogP contribution in [0.5, 0.6) is 0 Å². The molecule has 54 heavy (non-hydrogen) atoms. The van der Waals surface area contributed by atoms with Gasteiger partial charge in [-0.15, -0.1) is 0 Å². The Kier molecular flexibility index (Phi) is 6.09. The standard InChI is InChI=1S/C52H32N2/c1-2-15-35-34(14-1)39-18-5-9-24-47(39)53(48-25-10-6-19-40(35)48)33-28-29-38-43-22-13-23-45-51(31-30-44(52(43)45)46(38)32-33)54-49-26-11-7-20-41(49)36-16-3-4-17-37(36)42-21-8-12-27-50(42)54/h1-32H.